The van der Waals surface area contributed by atoms with E-state index in [4.69, 9.17) is 0 Å². The van der Waals surface area contributed by atoms with Crippen LogP contribution in [0.4, 0.5) is 5.13 Å². The second-order valence-corrected chi connectivity index (χ2v) is 8.02. The minimum absolute atomic E-state index is 0.274. The molecule has 0 aliphatic carbocycles. The average Bonchev–Trinajstić information content (AvgIpc) is 2.71. The van der Waals surface area contributed by atoms with E-state index in [0.29, 0.717) is 0 Å². The lowest BCUT2D eigenvalue weighted by Crippen LogP contribution is -2.43. The first-order valence-corrected chi connectivity index (χ1v) is 8.20. The third-order valence-electron chi connectivity index (χ3n) is 3.01. The molecule has 2 rings (SSSR count). The van der Waals surface area contributed by atoms with E-state index in [9.17, 15) is 4.79 Å². The lowest BCUT2D eigenvalue weighted by molar-refractivity contribution is 0.112. The maximum atomic E-state index is 11.1. The molecule has 1 aromatic rings. The van der Waals surface area contributed by atoms with Gasteiger partial charge in [-0.1, -0.05) is 24.7 Å². The average molecular weight is 284 g/mol. The first-order valence-electron chi connectivity index (χ1n) is 6.39. The van der Waals surface area contributed by atoms with Crippen LogP contribution in [0.1, 0.15) is 42.6 Å². The van der Waals surface area contributed by atoms with Crippen molar-refractivity contribution in [2.45, 2.75) is 38.4 Å². The van der Waals surface area contributed by atoms with E-state index < -0.39 is 0 Å². The Bertz CT molecular complexity index is 429. The van der Waals surface area contributed by atoms with E-state index in [-0.39, 0.29) is 4.75 Å². The SMILES string of the molecule is CCCc1nc(N2CCSC(C)(C)C2)sc1C=O. The van der Waals surface area contributed by atoms with Gasteiger partial charge in [0, 0.05) is 23.6 Å². The van der Waals surface area contributed by atoms with Gasteiger partial charge in [-0.15, -0.1) is 0 Å². The van der Waals surface area contributed by atoms with E-state index >= 15 is 0 Å². The number of hydrogen-bond donors (Lipinski definition) is 0. The number of anilines is 1. The van der Waals surface area contributed by atoms with Gasteiger partial charge in [-0.3, -0.25) is 4.79 Å². The molecule has 0 unspecified atom stereocenters. The number of nitrogens with zero attached hydrogens (tertiary/aromatic N) is 2. The molecule has 100 valence electrons. The summed E-state index contributed by atoms with van der Waals surface area (Å²) in [5, 5.41) is 1.02. The Balaban J connectivity index is 2.20. The van der Waals surface area contributed by atoms with Crippen molar-refractivity contribution in [1.29, 1.82) is 0 Å². The Hall–Kier alpha value is -0.550. The molecule has 1 saturated heterocycles. The van der Waals surface area contributed by atoms with Gasteiger partial charge in [0.15, 0.2) is 11.4 Å². The molecular weight excluding hydrogens is 264 g/mol. The zero-order chi connectivity index (χ0) is 13.2. The van der Waals surface area contributed by atoms with E-state index in [0.717, 1.165) is 53.7 Å². The molecule has 1 aliphatic heterocycles. The van der Waals surface area contributed by atoms with Crippen molar-refractivity contribution in [1.82, 2.24) is 4.98 Å². The third-order valence-corrected chi connectivity index (χ3v) is 5.39. The van der Waals surface area contributed by atoms with Gasteiger partial charge >= 0.3 is 0 Å². The highest BCUT2D eigenvalue weighted by atomic mass is 32.2. The van der Waals surface area contributed by atoms with Crippen LogP contribution in [0, 0.1) is 0 Å². The van der Waals surface area contributed by atoms with Gasteiger partial charge in [0.25, 0.3) is 0 Å². The Kier molecular flexibility index (Phi) is 4.33. The van der Waals surface area contributed by atoms with Crippen molar-refractivity contribution in [3.63, 3.8) is 0 Å². The molecule has 0 spiro atoms. The Morgan fingerprint density at radius 2 is 2.28 bits per heavy atom. The molecule has 3 nitrogen and oxygen atoms in total. The second-order valence-electron chi connectivity index (χ2n) is 5.20. The predicted octanol–water partition coefficient (Wildman–Crippen LogP) is 3.24. The van der Waals surface area contributed by atoms with Crippen LogP contribution in [-0.4, -0.2) is 34.9 Å². The number of aromatic nitrogens is 1. The third kappa shape index (κ3) is 3.06. The number of rotatable bonds is 4. The van der Waals surface area contributed by atoms with Crippen molar-refractivity contribution in [3.8, 4) is 0 Å². The van der Waals surface area contributed by atoms with Crippen LogP contribution in [0.2, 0.25) is 0 Å². The Labute approximate surface area is 117 Å². The van der Waals surface area contributed by atoms with E-state index in [1.807, 2.05) is 11.8 Å². The monoisotopic (exact) mass is 284 g/mol. The molecule has 0 amide bonds. The van der Waals surface area contributed by atoms with Crippen LogP contribution < -0.4 is 4.90 Å². The molecule has 18 heavy (non-hydrogen) atoms. The standard InChI is InChI=1S/C13H20N2OS2/c1-4-5-10-11(8-16)18-12(14-10)15-6-7-17-13(2,3)9-15/h8H,4-7,9H2,1-3H3. The van der Waals surface area contributed by atoms with Crippen molar-refractivity contribution < 1.29 is 4.79 Å². The van der Waals surface area contributed by atoms with Crippen LogP contribution in [-0.2, 0) is 6.42 Å². The fourth-order valence-corrected chi connectivity index (χ4v) is 4.24. The van der Waals surface area contributed by atoms with Crippen LogP contribution >= 0.6 is 23.1 Å². The smallest absolute Gasteiger partial charge is 0.186 e. The summed E-state index contributed by atoms with van der Waals surface area (Å²) in [6.07, 6.45) is 2.89. The number of aldehydes is 1. The second kappa shape index (κ2) is 5.61. The van der Waals surface area contributed by atoms with Gasteiger partial charge in [0.2, 0.25) is 0 Å². The van der Waals surface area contributed by atoms with E-state index in [1.54, 1.807) is 11.3 Å². The van der Waals surface area contributed by atoms with Crippen LogP contribution in [0.5, 0.6) is 0 Å². The van der Waals surface area contributed by atoms with Gasteiger partial charge in [-0.25, -0.2) is 4.98 Å². The molecule has 0 N–H and O–H groups in total. The van der Waals surface area contributed by atoms with Gasteiger partial charge in [-0.05, 0) is 20.3 Å². The number of thiazole rings is 1. The normalized spacial score (nSPS) is 18.9. The minimum Gasteiger partial charge on any atom is -0.346 e. The van der Waals surface area contributed by atoms with Gasteiger partial charge in [0.05, 0.1) is 10.6 Å². The van der Waals surface area contributed by atoms with Crippen molar-refractivity contribution >= 4 is 34.5 Å². The molecule has 0 aromatic carbocycles. The van der Waals surface area contributed by atoms with Gasteiger partial charge < -0.3 is 4.90 Å². The molecule has 0 atom stereocenters. The topological polar surface area (TPSA) is 33.2 Å². The predicted molar refractivity (Wildman–Crippen MR) is 80.2 cm³/mol. The molecule has 1 fully saturated rings. The van der Waals surface area contributed by atoms with Gasteiger partial charge in [-0.2, -0.15) is 11.8 Å². The summed E-state index contributed by atoms with van der Waals surface area (Å²) in [6.45, 7) is 8.70. The highest BCUT2D eigenvalue weighted by Gasteiger charge is 2.29. The lowest BCUT2D eigenvalue weighted by Gasteiger charge is -2.37. The largest absolute Gasteiger partial charge is 0.346 e. The van der Waals surface area contributed by atoms with E-state index in [2.05, 4.69) is 30.7 Å². The first-order chi connectivity index (χ1) is 8.55. The highest BCUT2D eigenvalue weighted by Crippen LogP contribution is 2.34. The number of aryl methyl sites for hydroxylation is 1. The highest BCUT2D eigenvalue weighted by molar-refractivity contribution is 8.00. The zero-order valence-electron chi connectivity index (χ0n) is 11.2. The van der Waals surface area contributed by atoms with Crippen LogP contribution in [0.25, 0.3) is 0 Å². The summed E-state index contributed by atoms with van der Waals surface area (Å²) in [4.78, 5) is 18.9. The van der Waals surface area contributed by atoms with Crippen LogP contribution in [0.15, 0.2) is 0 Å². The Morgan fingerprint density at radius 1 is 1.50 bits per heavy atom. The van der Waals surface area contributed by atoms with Crippen molar-refractivity contribution in [2.24, 2.45) is 0 Å². The fraction of sp³-hybridized carbons (Fsp3) is 0.692. The molecule has 0 bridgehead atoms. The zero-order valence-corrected chi connectivity index (χ0v) is 12.9. The Morgan fingerprint density at radius 3 is 2.89 bits per heavy atom. The fourth-order valence-electron chi connectivity index (χ4n) is 2.17. The number of hydrogen-bond acceptors (Lipinski definition) is 5. The summed E-state index contributed by atoms with van der Waals surface area (Å²) in [7, 11) is 0. The summed E-state index contributed by atoms with van der Waals surface area (Å²) in [6, 6.07) is 0. The van der Waals surface area contributed by atoms with Crippen molar-refractivity contribution in [2.75, 3.05) is 23.7 Å². The summed E-state index contributed by atoms with van der Waals surface area (Å²) in [5.41, 5.74) is 0.975. The maximum Gasteiger partial charge on any atom is 0.186 e. The van der Waals surface area contributed by atoms with Crippen LogP contribution in [0.3, 0.4) is 0 Å². The molecule has 5 heteroatoms. The molecule has 1 aliphatic rings. The van der Waals surface area contributed by atoms with Crippen molar-refractivity contribution in [3.05, 3.63) is 10.6 Å². The molecule has 1 aromatic heterocycles. The number of carbonyl (C=O) groups is 1. The number of carbonyl (C=O) groups excluding carboxylic acids is 1. The minimum atomic E-state index is 0.274. The molecule has 2 heterocycles. The molecule has 0 saturated carbocycles. The van der Waals surface area contributed by atoms with Gasteiger partial charge in [0.1, 0.15) is 0 Å². The molecular formula is C13H20N2OS2. The first kappa shape index (κ1) is 13.9. The van der Waals surface area contributed by atoms with E-state index in [1.165, 1.54) is 0 Å². The summed E-state index contributed by atoms with van der Waals surface area (Å²) < 4.78 is 0.274. The lowest BCUT2D eigenvalue weighted by atomic mass is 10.2. The number of thioether (sulfide) groups is 1. The summed E-state index contributed by atoms with van der Waals surface area (Å²) in [5.74, 6) is 1.13. The molecule has 0 radical (unpaired) electrons. The quantitative estimate of drug-likeness (QED) is 0.795. The maximum absolute atomic E-state index is 11.1. The summed E-state index contributed by atoms with van der Waals surface area (Å²) >= 11 is 3.56.